The summed E-state index contributed by atoms with van der Waals surface area (Å²) in [7, 11) is 0. The summed E-state index contributed by atoms with van der Waals surface area (Å²) in [6, 6.07) is 8.32. The Kier molecular flexibility index (Phi) is 2.83. The molecule has 1 saturated carbocycles. The van der Waals surface area contributed by atoms with Gasteiger partial charge in [0.05, 0.1) is 5.60 Å². The third-order valence-corrected chi connectivity index (χ3v) is 3.78. The molecule has 1 aliphatic rings. The van der Waals surface area contributed by atoms with E-state index in [4.69, 9.17) is 0 Å². The van der Waals surface area contributed by atoms with Gasteiger partial charge in [0.25, 0.3) is 0 Å². The Labute approximate surface area is 92.1 Å². The van der Waals surface area contributed by atoms with Crippen LogP contribution in [0.15, 0.2) is 24.3 Å². The van der Waals surface area contributed by atoms with E-state index in [0.717, 1.165) is 24.8 Å². The van der Waals surface area contributed by atoms with Crippen molar-refractivity contribution in [3.05, 3.63) is 35.4 Å². The molecule has 1 aromatic rings. The maximum Gasteiger partial charge on any atom is 0.0922 e. The Morgan fingerprint density at radius 2 is 2.13 bits per heavy atom. The van der Waals surface area contributed by atoms with Crippen molar-refractivity contribution in [3.8, 4) is 0 Å². The van der Waals surface area contributed by atoms with Gasteiger partial charge in [-0.2, -0.15) is 0 Å². The molecule has 2 rings (SSSR count). The molecule has 0 unspecified atom stereocenters. The molecule has 0 bridgehead atoms. The zero-order valence-corrected chi connectivity index (χ0v) is 9.66. The number of aliphatic hydroxyl groups is 1. The van der Waals surface area contributed by atoms with Crippen LogP contribution in [-0.4, -0.2) is 5.11 Å². The van der Waals surface area contributed by atoms with Crippen molar-refractivity contribution in [2.75, 3.05) is 0 Å². The van der Waals surface area contributed by atoms with Gasteiger partial charge >= 0.3 is 0 Å². The van der Waals surface area contributed by atoms with E-state index in [-0.39, 0.29) is 0 Å². The molecule has 2 atom stereocenters. The highest BCUT2D eigenvalue weighted by atomic mass is 16.3. The van der Waals surface area contributed by atoms with E-state index in [1.165, 1.54) is 12.0 Å². The summed E-state index contributed by atoms with van der Waals surface area (Å²) in [5, 5.41) is 10.7. The predicted molar refractivity (Wildman–Crippen MR) is 62.7 cm³/mol. The molecule has 15 heavy (non-hydrogen) atoms. The minimum atomic E-state index is -0.579. The van der Waals surface area contributed by atoms with Crippen molar-refractivity contribution in [2.24, 2.45) is 5.92 Å². The lowest BCUT2D eigenvalue weighted by Gasteiger charge is -2.38. The fraction of sp³-hybridized carbons (Fsp3) is 0.571. The zero-order chi connectivity index (χ0) is 10.9. The van der Waals surface area contributed by atoms with Crippen molar-refractivity contribution in [1.29, 1.82) is 0 Å². The van der Waals surface area contributed by atoms with Crippen molar-refractivity contribution >= 4 is 0 Å². The molecule has 1 aliphatic carbocycles. The van der Waals surface area contributed by atoms with Crippen molar-refractivity contribution < 1.29 is 5.11 Å². The maximum absolute atomic E-state index is 10.7. The molecule has 1 N–H and O–H groups in total. The van der Waals surface area contributed by atoms with Gasteiger partial charge in [-0.25, -0.2) is 0 Å². The zero-order valence-electron chi connectivity index (χ0n) is 9.66. The summed E-state index contributed by atoms with van der Waals surface area (Å²) in [5.74, 6) is 0.382. The molecule has 1 fully saturated rings. The fourth-order valence-electron chi connectivity index (χ4n) is 2.67. The van der Waals surface area contributed by atoms with E-state index >= 15 is 0 Å². The molecular formula is C14H20O. The molecule has 82 valence electrons. The average molecular weight is 204 g/mol. The highest BCUT2D eigenvalue weighted by Gasteiger charge is 2.37. The van der Waals surface area contributed by atoms with E-state index in [1.807, 2.05) is 6.07 Å². The van der Waals surface area contributed by atoms with Crippen molar-refractivity contribution in [3.63, 3.8) is 0 Å². The van der Waals surface area contributed by atoms with E-state index in [9.17, 15) is 5.11 Å². The van der Waals surface area contributed by atoms with Gasteiger partial charge in [-0.15, -0.1) is 0 Å². The van der Waals surface area contributed by atoms with E-state index in [0.29, 0.717) is 5.92 Å². The van der Waals surface area contributed by atoms with Gasteiger partial charge in [-0.05, 0) is 31.2 Å². The summed E-state index contributed by atoms with van der Waals surface area (Å²) in [5.41, 5.74) is 1.76. The second-order valence-corrected chi connectivity index (χ2v) is 4.94. The van der Waals surface area contributed by atoms with Gasteiger partial charge in [0.2, 0.25) is 0 Å². The third kappa shape index (κ3) is 1.93. The minimum absolute atomic E-state index is 0.382. The Balaban J connectivity index is 2.34. The van der Waals surface area contributed by atoms with Crippen LogP contribution in [0.2, 0.25) is 0 Å². The number of rotatable bonds is 1. The molecule has 0 amide bonds. The van der Waals surface area contributed by atoms with Gasteiger partial charge in [-0.1, -0.05) is 49.6 Å². The van der Waals surface area contributed by atoms with Crippen molar-refractivity contribution in [1.82, 2.24) is 0 Å². The van der Waals surface area contributed by atoms with Gasteiger partial charge in [0.1, 0.15) is 0 Å². The molecule has 0 aromatic heterocycles. The van der Waals surface area contributed by atoms with Crippen LogP contribution in [0.25, 0.3) is 0 Å². The minimum Gasteiger partial charge on any atom is -0.385 e. The summed E-state index contributed by atoms with van der Waals surface area (Å²) < 4.78 is 0. The van der Waals surface area contributed by atoms with Crippen LogP contribution in [0.4, 0.5) is 0 Å². The second-order valence-electron chi connectivity index (χ2n) is 4.94. The summed E-state index contributed by atoms with van der Waals surface area (Å²) in [6.45, 7) is 4.25. The number of aryl methyl sites for hydroxylation is 1. The van der Waals surface area contributed by atoms with Crippen LogP contribution in [0.5, 0.6) is 0 Å². The van der Waals surface area contributed by atoms with Gasteiger partial charge in [0, 0.05) is 0 Å². The Bertz CT molecular complexity index is 345. The predicted octanol–water partition coefficient (Wildman–Crippen LogP) is 3.39. The molecular weight excluding hydrogens is 184 g/mol. The van der Waals surface area contributed by atoms with E-state index < -0.39 is 5.60 Å². The number of hydrogen-bond donors (Lipinski definition) is 1. The maximum atomic E-state index is 10.7. The fourth-order valence-corrected chi connectivity index (χ4v) is 2.67. The molecule has 1 nitrogen and oxygen atoms in total. The van der Waals surface area contributed by atoms with E-state index in [2.05, 4.69) is 32.0 Å². The number of benzene rings is 1. The first kappa shape index (κ1) is 10.7. The average Bonchev–Trinajstić information content (AvgIpc) is 2.23. The number of hydrogen-bond acceptors (Lipinski definition) is 1. The van der Waals surface area contributed by atoms with Crippen LogP contribution in [-0.2, 0) is 5.60 Å². The van der Waals surface area contributed by atoms with Crippen LogP contribution < -0.4 is 0 Å². The molecule has 1 heteroatoms. The molecule has 1 aromatic carbocycles. The Morgan fingerprint density at radius 1 is 1.33 bits per heavy atom. The quantitative estimate of drug-likeness (QED) is 0.743. The van der Waals surface area contributed by atoms with E-state index in [1.54, 1.807) is 0 Å². The van der Waals surface area contributed by atoms with Crippen LogP contribution in [0, 0.1) is 12.8 Å². The lowest BCUT2D eigenvalue weighted by molar-refractivity contribution is -0.0470. The lowest BCUT2D eigenvalue weighted by atomic mass is 9.72. The van der Waals surface area contributed by atoms with Gasteiger partial charge < -0.3 is 5.11 Å². The van der Waals surface area contributed by atoms with Gasteiger partial charge in [0.15, 0.2) is 0 Å². The SMILES string of the molecule is Cc1cccc([C@@]2(O)CCCC[C@H]2C)c1. The summed E-state index contributed by atoms with van der Waals surface area (Å²) in [4.78, 5) is 0. The smallest absolute Gasteiger partial charge is 0.0922 e. The van der Waals surface area contributed by atoms with Crippen LogP contribution in [0.1, 0.15) is 43.7 Å². The standard InChI is InChI=1S/C14H20O/c1-11-6-5-8-13(10-11)14(15)9-4-3-7-12(14)2/h5-6,8,10,12,15H,3-4,7,9H2,1-2H3/t12-,14-/m1/s1. The normalized spacial score (nSPS) is 31.5. The van der Waals surface area contributed by atoms with Crippen molar-refractivity contribution in [2.45, 2.75) is 45.1 Å². The van der Waals surface area contributed by atoms with Crippen LogP contribution >= 0.6 is 0 Å². The Hall–Kier alpha value is -0.820. The first-order chi connectivity index (χ1) is 7.13. The summed E-state index contributed by atoms with van der Waals surface area (Å²) in [6.07, 6.45) is 4.46. The largest absolute Gasteiger partial charge is 0.385 e. The third-order valence-electron chi connectivity index (χ3n) is 3.78. The topological polar surface area (TPSA) is 20.2 Å². The first-order valence-electron chi connectivity index (χ1n) is 5.92. The highest BCUT2D eigenvalue weighted by Crippen LogP contribution is 2.41. The Morgan fingerprint density at radius 3 is 2.80 bits per heavy atom. The monoisotopic (exact) mass is 204 g/mol. The van der Waals surface area contributed by atoms with Gasteiger partial charge in [-0.3, -0.25) is 0 Å². The lowest BCUT2D eigenvalue weighted by Crippen LogP contribution is -2.36. The molecule has 0 aliphatic heterocycles. The molecule has 0 radical (unpaired) electrons. The highest BCUT2D eigenvalue weighted by molar-refractivity contribution is 5.28. The summed E-state index contributed by atoms with van der Waals surface area (Å²) >= 11 is 0. The molecule has 0 saturated heterocycles. The van der Waals surface area contributed by atoms with Crippen LogP contribution in [0.3, 0.4) is 0 Å². The first-order valence-corrected chi connectivity index (χ1v) is 5.92. The molecule has 0 heterocycles. The molecule has 0 spiro atoms. The second kappa shape index (κ2) is 3.97.